The number of hydrogen-bond donors (Lipinski definition) is 1. The molecule has 0 rings (SSSR count). The number of methoxy groups -OCH3 is 1. The monoisotopic (exact) mass is 160 g/mol. The minimum absolute atomic E-state index is 0.122. The molecule has 1 N–H and O–H groups in total. The van der Waals surface area contributed by atoms with Crippen molar-refractivity contribution >= 4 is 0 Å². The maximum atomic E-state index is 7.94. The van der Waals surface area contributed by atoms with Gasteiger partial charge in [0.25, 0.3) is 0 Å². The zero-order chi connectivity index (χ0) is 10.1. The van der Waals surface area contributed by atoms with Gasteiger partial charge in [0.05, 0.1) is 13.2 Å². The Kier molecular flexibility index (Phi) is 270. The van der Waals surface area contributed by atoms with E-state index in [0.29, 0.717) is 6.61 Å². The van der Waals surface area contributed by atoms with Crippen molar-refractivity contribution in [2.45, 2.75) is 0 Å². The fourth-order valence-electron chi connectivity index (χ4n) is 0.0913. The van der Waals surface area contributed by atoms with Gasteiger partial charge in [0.15, 0.2) is 0 Å². The van der Waals surface area contributed by atoms with Crippen molar-refractivity contribution < 1.29 is 9.84 Å². The van der Waals surface area contributed by atoms with Crippen LogP contribution in [0.25, 0.3) is 0 Å². The van der Waals surface area contributed by atoms with Crippen LogP contribution in [0.3, 0.4) is 0 Å². The highest BCUT2D eigenvalue weighted by molar-refractivity contribution is 4.22. The first-order valence-corrected chi connectivity index (χ1v) is 3.01. The molecule has 0 spiro atoms. The molecule has 0 unspecified atom stereocenters. The quantitative estimate of drug-likeness (QED) is 0.626. The molecule has 0 aromatic heterocycles. The largest absolute Gasteiger partial charge is 0.394 e. The highest BCUT2D eigenvalue weighted by atomic mass is 16.5. The first kappa shape index (κ1) is 22.5. The Hall–Kier alpha value is -0.860. The van der Waals surface area contributed by atoms with E-state index in [1.54, 1.807) is 7.11 Å². The minimum atomic E-state index is 0.122. The Balaban J connectivity index is -0.0000000350. The summed E-state index contributed by atoms with van der Waals surface area (Å²) in [6.07, 6.45) is 0. The van der Waals surface area contributed by atoms with E-state index in [-0.39, 0.29) is 6.61 Å². The van der Waals surface area contributed by atoms with Crippen molar-refractivity contribution in [3.05, 3.63) is 39.5 Å². The summed E-state index contributed by atoms with van der Waals surface area (Å²) in [7, 11) is 1.55. The summed E-state index contributed by atoms with van der Waals surface area (Å²) in [6, 6.07) is 0. The summed E-state index contributed by atoms with van der Waals surface area (Å²) >= 11 is 0. The molecule has 0 fully saturated rings. The second-order valence-electron chi connectivity index (χ2n) is 0.716. The second kappa shape index (κ2) is 132. The number of ether oxygens (including phenoxy) is 1. The molecule has 2 nitrogen and oxygen atoms in total. The van der Waals surface area contributed by atoms with Gasteiger partial charge < -0.3 is 9.84 Å². The van der Waals surface area contributed by atoms with Crippen LogP contribution in [0, 0.1) is 0 Å². The van der Waals surface area contributed by atoms with Crippen molar-refractivity contribution in [2.24, 2.45) is 0 Å². The Bertz CT molecular complexity index is 31.8. The smallest absolute Gasteiger partial charge is 0.0693 e. The van der Waals surface area contributed by atoms with Gasteiger partial charge in [-0.15, -0.1) is 39.5 Å². The molecule has 11 heavy (non-hydrogen) atoms. The van der Waals surface area contributed by atoms with E-state index < -0.39 is 0 Å². The van der Waals surface area contributed by atoms with Crippen LogP contribution in [0.2, 0.25) is 0 Å². The third-order valence-corrected chi connectivity index (χ3v) is 0.295. The number of aliphatic hydroxyl groups excluding tert-OH is 1. The molecule has 2 heteroatoms. The van der Waals surface area contributed by atoms with E-state index in [1.165, 1.54) is 0 Å². The highest BCUT2D eigenvalue weighted by Crippen LogP contribution is 1.56. The van der Waals surface area contributed by atoms with Crippen LogP contribution in [-0.2, 0) is 4.74 Å². The number of aliphatic hydroxyl groups is 1. The molecule has 68 valence electrons. The van der Waals surface area contributed by atoms with Gasteiger partial charge in [0.1, 0.15) is 0 Å². The first-order valence-electron chi connectivity index (χ1n) is 3.01. The van der Waals surface area contributed by atoms with Crippen LogP contribution in [0.15, 0.2) is 39.5 Å². The molecule has 0 aromatic rings. The molecule has 0 amide bonds. The van der Waals surface area contributed by atoms with Gasteiger partial charge in [-0.1, -0.05) is 0 Å². The van der Waals surface area contributed by atoms with E-state index in [4.69, 9.17) is 5.11 Å². The summed E-state index contributed by atoms with van der Waals surface area (Å²) < 4.78 is 4.44. The van der Waals surface area contributed by atoms with Crippen molar-refractivity contribution in [1.29, 1.82) is 0 Å². The number of hydrogen-bond acceptors (Lipinski definition) is 2. The van der Waals surface area contributed by atoms with Gasteiger partial charge in [-0.2, -0.15) is 0 Å². The molecule has 0 radical (unpaired) electrons. The topological polar surface area (TPSA) is 29.5 Å². The molecule has 0 saturated heterocycles. The maximum Gasteiger partial charge on any atom is 0.0693 e. The number of rotatable bonds is 2. The highest BCUT2D eigenvalue weighted by Gasteiger charge is 1.67. The summed E-state index contributed by atoms with van der Waals surface area (Å²) in [5.74, 6) is 0. The Labute approximate surface area is 70.5 Å². The molecule has 0 aliphatic carbocycles. The fourth-order valence-corrected chi connectivity index (χ4v) is 0.0913. The van der Waals surface area contributed by atoms with Crippen LogP contribution in [0.5, 0.6) is 0 Å². The lowest BCUT2D eigenvalue weighted by atomic mass is 10.8. The lowest BCUT2D eigenvalue weighted by Gasteiger charge is -1.84. The third kappa shape index (κ3) is 359. The lowest BCUT2D eigenvalue weighted by Crippen LogP contribution is -1.91. The molecular weight excluding hydrogens is 140 g/mol. The SMILES string of the molecule is C=C.C=C.C=C.COCCO. The maximum absolute atomic E-state index is 7.94. The standard InChI is InChI=1S/C3H8O2.3C2H4/c1-5-3-2-4;3*1-2/h4H,2-3H2,1H3;3*1-2H2. The summed E-state index contributed by atoms with van der Waals surface area (Å²) in [5, 5.41) is 7.94. The van der Waals surface area contributed by atoms with E-state index in [1.807, 2.05) is 0 Å². The van der Waals surface area contributed by atoms with Crippen LogP contribution >= 0.6 is 0 Å². The summed E-state index contributed by atoms with van der Waals surface area (Å²) in [5.41, 5.74) is 0. The molecule has 0 atom stereocenters. The van der Waals surface area contributed by atoms with E-state index in [0.717, 1.165) is 0 Å². The predicted octanol–water partition coefficient (Wildman–Crippen LogP) is 2.03. The van der Waals surface area contributed by atoms with Gasteiger partial charge >= 0.3 is 0 Å². The van der Waals surface area contributed by atoms with E-state index >= 15 is 0 Å². The molecule has 0 aromatic carbocycles. The zero-order valence-corrected chi connectivity index (χ0v) is 7.51. The summed E-state index contributed by atoms with van der Waals surface area (Å²) in [4.78, 5) is 0. The molecule has 0 aliphatic heterocycles. The first-order chi connectivity index (χ1) is 5.41. The van der Waals surface area contributed by atoms with Crippen LogP contribution in [0.1, 0.15) is 0 Å². The van der Waals surface area contributed by atoms with Crippen molar-refractivity contribution in [1.82, 2.24) is 0 Å². The van der Waals surface area contributed by atoms with Crippen molar-refractivity contribution in [3.8, 4) is 0 Å². The normalized spacial score (nSPS) is 4.91. The Morgan fingerprint density at radius 1 is 1.00 bits per heavy atom. The van der Waals surface area contributed by atoms with Gasteiger partial charge in [-0.3, -0.25) is 0 Å². The minimum Gasteiger partial charge on any atom is -0.394 e. The van der Waals surface area contributed by atoms with Crippen LogP contribution < -0.4 is 0 Å². The molecule has 0 bridgehead atoms. The fraction of sp³-hybridized carbons (Fsp3) is 0.333. The van der Waals surface area contributed by atoms with E-state index in [2.05, 4.69) is 44.2 Å². The van der Waals surface area contributed by atoms with Crippen LogP contribution in [0.4, 0.5) is 0 Å². The van der Waals surface area contributed by atoms with Gasteiger partial charge in [-0.05, 0) is 0 Å². The molecule has 0 saturated carbocycles. The average Bonchev–Trinajstić information content (AvgIpc) is 2.16. The van der Waals surface area contributed by atoms with Crippen LogP contribution in [-0.4, -0.2) is 25.4 Å². The second-order valence-corrected chi connectivity index (χ2v) is 0.716. The van der Waals surface area contributed by atoms with E-state index in [9.17, 15) is 0 Å². The molecule has 0 heterocycles. The Morgan fingerprint density at radius 3 is 1.27 bits per heavy atom. The van der Waals surface area contributed by atoms with Gasteiger partial charge in [0, 0.05) is 7.11 Å². The van der Waals surface area contributed by atoms with Crippen molar-refractivity contribution in [3.63, 3.8) is 0 Å². The third-order valence-electron chi connectivity index (χ3n) is 0.295. The average molecular weight is 160 g/mol. The lowest BCUT2D eigenvalue weighted by molar-refractivity contribution is 0.135. The van der Waals surface area contributed by atoms with Gasteiger partial charge in [0.2, 0.25) is 0 Å². The zero-order valence-electron chi connectivity index (χ0n) is 7.51. The van der Waals surface area contributed by atoms with Gasteiger partial charge in [-0.25, -0.2) is 0 Å². The molecule has 0 aliphatic rings. The predicted molar refractivity (Wildman–Crippen MR) is 52.7 cm³/mol. The van der Waals surface area contributed by atoms with Crippen molar-refractivity contribution in [2.75, 3.05) is 20.3 Å². The summed E-state index contributed by atoms with van der Waals surface area (Å²) in [6.45, 7) is 18.6. The Morgan fingerprint density at radius 2 is 1.27 bits per heavy atom. The molecular formula is C9H20O2.